The third kappa shape index (κ3) is 5.55. The maximum Gasteiger partial charge on any atom is 0.0575 e. The lowest BCUT2D eigenvalue weighted by atomic mass is 9.74. The predicted octanol–water partition coefficient (Wildman–Crippen LogP) is 8.22. The lowest BCUT2D eigenvalue weighted by Gasteiger charge is -2.31. The maximum atomic E-state index is 5.82. The summed E-state index contributed by atoms with van der Waals surface area (Å²) >= 11 is 0. The Kier molecular flexibility index (Phi) is 7.66. The fourth-order valence-electron chi connectivity index (χ4n) is 5.99. The van der Waals surface area contributed by atoms with Gasteiger partial charge in [-0.3, -0.25) is 0 Å². The van der Waals surface area contributed by atoms with Gasteiger partial charge in [0.2, 0.25) is 0 Å². The molecule has 30 heavy (non-hydrogen) atoms. The molecular weight excluding hydrogens is 364 g/mol. The van der Waals surface area contributed by atoms with E-state index >= 15 is 0 Å². The van der Waals surface area contributed by atoms with E-state index < -0.39 is 0 Å². The quantitative estimate of drug-likeness (QED) is 0.451. The Morgan fingerprint density at radius 1 is 0.733 bits per heavy atom. The average Bonchev–Trinajstić information content (AvgIpc) is 2.81. The lowest BCUT2D eigenvalue weighted by molar-refractivity contribution is 0.0328. The van der Waals surface area contributed by atoms with E-state index in [1.54, 1.807) is 11.1 Å². The lowest BCUT2D eigenvalue weighted by Crippen LogP contribution is -2.20. The molecule has 2 fully saturated rings. The molecule has 0 bridgehead atoms. The molecule has 2 aromatic rings. The fourth-order valence-corrected chi connectivity index (χ4v) is 5.99. The highest BCUT2D eigenvalue weighted by molar-refractivity contribution is 5.28. The van der Waals surface area contributed by atoms with E-state index in [4.69, 9.17) is 4.74 Å². The van der Waals surface area contributed by atoms with Crippen molar-refractivity contribution in [2.75, 3.05) is 6.61 Å². The largest absolute Gasteiger partial charge is 0.379 e. The molecule has 0 heterocycles. The zero-order valence-electron chi connectivity index (χ0n) is 19.1. The van der Waals surface area contributed by atoms with Crippen molar-refractivity contribution in [2.24, 2.45) is 5.92 Å². The van der Waals surface area contributed by atoms with Gasteiger partial charge in [-0.05, 0) is 105 Å². The number of rotatable bonds is 7. The van der Waals surface area contributed by atoms with Crippen LogP contribution in [-0.2, 0) is 4.74 Å². The summed E-state index contributed by atoms with van der Waals surface area (Å²) in [5, 5.41) is 0. The number of hydrogen-bond acceptors (Lipinski definition) is 1. The Morgan fingerprint density at radius 3 is 1.80 bits per heavy atom. The Morgan fingerprint density at radius 2 is 1.27 bits per heavy atom. The smallest absolute Gasteiger partial charge is 0.0575 e. The van der Waals surface area contributed by atoms with Crippen LogP contribution in [-0.4, -0.2) is 12.7 Å². The molecule has 2 aromatic carbocycles. The van der Waals surface area contributed by atoms with Gasteiger partial charge in [-0.25, -0.2) is 0 Å². The molecule has 1 unspecified atom stereocenters. The number of benzene rings is 2. The summed E-state index contributed by atoms with van der Waals surface area (Å²) in [6.45, 7) is 5.38. The molecule has 0 amide bonds. The minimum atomic E-state index is 0.505. The molecule has 0 radical (unpaired) electrons. The summed E-state index contributed by atoms with van der Waals surface area (Å²) in [6, 6.07) is 20.8. The van der Waals surface area contributed by atoms with Crippen molar-refractivity contribution in [2.45, 2.75) is 95.5 Å². The first kappa shape index (κ1) is 21.6. The topological polar surface area (TPSA) is 9.23 Å². The van der Waals surface area contributed by atoms with E-state index in [0.717, 1.165) is 24.4 Å². The van der Waals surface area contributed by atoms with Gasteiger partial charge in [0.25, 0.3) is 0 Å². The molecule has 1 heteroatoms. The zero-order chi connectivity index (χ0) is 20.8. The number of hydrogen-bond donors (Lipinski definition) is 0. The van der Waals surface area contributed by atoms with Gasteiger partial charge >= 0.3 is 0 Å². The van der Waals surface area contributed by atoms with Crippen LogP contribution in [0.2, 0.25) is 0 Å². The predicted molar refractivity (Wildman–Crippen MR) is 127 cm³/mol. The highest BCUT2D eigenvalue weighted by atomic mass is 16.5. The van der Waals surface area contributed by atoms with Gasteiger partial charge in [-0.1, -0.05) is 61.5 Å². The van der Waals surface area contributed by atoms with Gasteiger partial charge in [0.1, 0.15) is 0 Å². The van der Waals surface area contributed by atoms with Crippen LogP contribution in [0, 0.1) is 5.92 Å². The van der Waals surface area contributed by atoms with E-state index in [0.29, 0.717) is 12.0 Å². The molecule has 1 atom stereocenters. The summed E-state index contributed by atoms with van der Waals surface area (Å²) in [5.41, 5.74) is 4.64. The van der Waals surface area contributed by atoms with Crippen molar-refractivity contribution in [3.05, 3.63) is 71.3 Å². The summed E-state index contributed by atoms with van der Waals surface area (Å²) in [6.07, 6.45) is 12.4. The van der Waals surface area contributed by atoms with Crippen LogP contribution in [0.1, 0.15) is 106 Å². The van der Waals surface area contributed by atoms with Gasteiger partial charge < -0.3 is 4.74 Å². The van der Waals surface area contributed by atoms with Gasteiger partial charge in [0.05, 0.1) is 6.10 Å². The zero-order valence-corrected chi connectivity index (χ0v) is 19.1. The molecule has 1 nitrogen and oxygen atoms in total. The van der Waals surface area contributed by atoms with Crippen LogP contribution in [0.4, 0.5) is 0 Å². The van der Waals surface area contributed by atoms with E-state index in [-0.39, 0.29) is 0 Å². The second-order valence-electron chi connectivity index (χ2n) is 9.86. The molecule has 0 aromatic heterocycles. The Balaban J connectivity index is 1.25. The van der Waals surface area contributed by atoms with Gasteiger partial charge in [-0.15, -0.1) is 0 Å². The minimum Gasteiger partial charge on any atom is -0.379 e. The van der Waals surface area contributed by atoms with E-state index in [1.165, 1.54) is 63.4 Å². The standard InChI is InChI=1S/C29H40O/c1-3-30-29-19-17-28(18-20-29)27-15-13-26(14-16-27)25-11-9-23(10-12-25)21-22(2)24-7-5-4-6-8-24/h4-8,13-16,22-23,25,28-29H,3,9-12,17-21H2,1-2H3. The van der Waals surface area contributed by atoms with Crippen LogP contribution in [0.3, 0.4) is 0 Å². The molecular formula is C29H40O. The molecule has 2 aliphatic rings. The normalized spacial score (nSPS) is 28.2. The van der Waals surface area contributed by atoms with Crippen LogP contribution >= 0.6 is 0 Å². The third-order valence-electron chi connectivity index (χ3n) is 7.86. The van der Waals surface area contributed by atoms with Crippen molar-refractivity contribution in [1.29, 1.82) is 0 Å². The van der Waals surface area contributed by atoms with Gasteiger partial charge in [0.15, 0.2) is 0 Å². The molecule has 2 aliphatic carbocycles. The Labute approximate surface area is 184 Å². The first-order valence-corrected chi connectivity index (χ1v) is 12.5. The first-order chi connectivity index (χ1) is 14.7. The monoisotopic (exact) mass is 404 g/mol. The molecule has 162 valence electrons. The van der Waals surface area contributed by atoms with Crippen LogP contribution in [0.15, 0.2) is 54.6 Å². The van der Waals surface area contributed by atoms with Crippen molar-refractivity contribution >= 4 is 0 Å². The summed E-state index contributed by atoms with van der Waals surface area (Å²) in [4.78, 5) is 0. The summed E-state index contributed by atoms with van der Waals surface area (Å²) < 4.78 is 5.82. The SMILES string of the molecule is CCOC1CCC(c2ccc(C3CCC(CC(C)c4ccccc4)CC3)cc2)CC1. The summed E-state index contributed by atoms with van der Waals surface area (Å²) in [5.74, 6) is 3.10. The average molecular weight is 405 g/mol. The van der Waals surface area contributed by atoms with Crippen molar-refractivity contribution in [3.63, 3.8) is 0 Å². The second-order valence-corrected chi connectivity index (χ2v) is 9.86. The number of ether oxygens (including phenoxy) is 1. The second kappa shape index (κ2) is 10.6. The Bertz CT molecular complexity index is 734. The van der Waals surface area contributed by atoms with E-state index in [1.807, 2.05) is 0 Å². The van der Waals surface area contributed by atoms with Gasteiger partial charge in [0, 0.05) is 6.61 Å². The third-order valence-corrected chi connectivity index (χ3v) is 7.86. The highest BCUT2D eigenvalue weighted by Crippen LogP contribution is 2.40. The molecule has 4 rings (SSSR count). The highest BCUT2D eigenvalue weighted by Gasteiger charge is 2.25. The van der Waals surface area contributed by atoms with Crippen molar-refractivity contribution in [3.8, 4) is 0 Å². The van der Waals surface area contributed by atoms with Gasteiger partial charge in [-0.2, -0.15) is 0 Å². The summed E-state index contributed by atoms with van der Waals surface area (Å²) in [7, 11) is 0. The van der Waals surface area contributed by atoms with Crippen molar-refractivity contribution < 1.29 is 4.74 Å². The Hall–Kier alpha value is -1.60. The first-order valence-electron chi connectivity index (χ1n) is 12.5. The molecule has 0 aliphatic heterocycles. The molecule has 0 saturated heterocycles. The fraction of sp³-hybridized carbons (Fsp3) is 0.586. The maximum absolute atomic E-state index is 5.82. The van der Waals surface area contributed by atoms with Crippen LogP contribution < -0.4 is 0 Å². The minimum absolute atomic E-state index is 0.505. The molecule has 0 N–H and O–H groups in total. The molecule has 2 saturated carbocycles. The van der Waals surface area contributed by atoms with Crippen LogP contribution in [0.25, 0.3) is 0 Å². The molecule has 0 spiro atoms. The van der Waals surface area contributed by atoms with Crippen LogP contribution in [0.5, 0.6) is 0 Å². The van der Waals surface area contributed by atoms with E-state index in [2.05, 4.69) is 68.4 Å². The van der Waals surface area contributed by atoms with E-state index in [9.17, 15) is 0 Å². The van der Waals surface area contributed by atoms with Crippen molar-refractivity contribution in [1.82, 2.24) is 0 Å².